The Kier molecular flexibility index (Phi) is 9.00. The Bertz CT molecular complexity index is 1200. The third-order valence-electron chi connectivity index (χ3n) is 5.83. The fraction of sp³-hybridized carbons (Fsp3) is 0.385. The molecule has 192 valence electrons. The van der Waals surface area contributed by atoms with Crippen molar-refractivity contribution in [2.45, 2.75) is 52.6 Å². The lowest BCUT2D eigenvalue weighted by Crippen LogP contribution is -2.33. The van der Waals surface area contributed by atoms with Crippen LogP contribution in [0.1, 0.15) is 61.6 Å². The van der Waals surface area contributed by atoms with Crippen LogP contribution in [-0.4, -0.2) is 35.2 Å². The number of hydrogen-bond acceptors (Lipinski definition) is 9. The summed E-state index contributed by atoms with van der Waals surface area (Å²) in [5.74, 6) is -2.42. The molecule has 10 heteroatoms. The van der Waals surface area contributed by atoms with E-state index < -0.39 is 28.9 Å². The predicted molar refractivity (Wildman–Crippen MR) is 135 cm³/mol. The summed E-state index contributed by atoms with van der Waals surface area (Å²) in [6.45, 7) is 6.90. The number of benzene rings is 1. The second kappa shape index (κ2) is 12.0. The second-order valence-corrected chi connectivity index (χ2v) is 9.50. The van der Waals surface area contributed by atoms with Crippen molar-refractivity contribution in [3.8, 4) is 0 Å². The minimum absolute atomic E-state index is 0.0805. The zero-order chi connectivity index (χ0) is 26.4. The van der Waals surface area contributed by atoms with Gasteiger partial charge in [0.05, 0.1) is 46.9 Å². The average Bonchev–Trinajstić information content (AvgIpc) is 3.24. The summed E-state index contributed by atoms with van der Waals surface area (Å²) >= 11 is 0.979. The first-order valence-electron chi connectivity index (χ1n) is 11.7. The monoisotopic (exact) mass is 514 g/mol. The molecule has 0 saturated heterocycles. The Balaban J connectivity index is 2.16. The minimum atomic E-state index is -1.06. The first-order chi connectivity index (χ1) is 17.2. The molecule has 0 fully saturated rings. The molecule has 2 unspecified atom stereocenters. The van der Waals surface area contributed by atoms with Crippen LogP contribution in [0.2, 0.25) is 0 Å². The van der Waals surface area contributed by atoms with Crippen LogP contribution in [-0.2, 0) is 19.1 Å². The van der Waals surface area contributed by atoms with Gasteiger partial charge in [-0.3, -0.25) is 10.1 Å². The van der Waals surface area contributed by atoms with E-state index in [9.17, 15) is 24.8 Å². The molecule has 1 aromatic heterocycles. The van der Waals surface area contributed by atoms with Crippen molar-refractivity contribution in [1.82, 2.24) is 5.32 Å². The van der Waals surface area contributed by atoms with Gasteiger partial charge in [0.1, 0.15) is 0 Å². The number of thiophene rings is 1. The summed E-state index contributed by atoms with van der Waals surface area (Å²) in [5, 5.41) is 25.6. The van der Waals surface area contributed by atoms with Crippen LogP contribution in [0.15, 0.2) is 58.9 Å². The molecule has 1 aliphatic heterocycles. The van der Waals surface area contributed by atoms with Crippen molar-refractivity contribution in [2.75, 3.05) is 13.2 Å². The number of rotatable bonds is 10. The molecule has 0 saturated carbocycles. The van der Waals surface area contributed by atoms with E-state index in [1.165, 1.54) is 0 Å². The molecule has 0 amide bonds. The molecule has 3 rings (SSSR count). The molecule has 0 radical (unpaired) electrons. The third-order valence-corrected chi connectivity index (χ3v) is 6.85. The molecule has 0 aliphatic carbocycles. The van der Waals surface area contributed by atoms with Crippen LogP contribution in [0.25, 0.3) is 0 Å². The Morgan fingerprint density at radius 3 is 2.31 bits per heavy atom. The second-order valence-electron chi connectivity index (χ2n) is 8.27. The van der Waals surface area contributed by atoms with Gasteiger partial charge in [0.2, 0.25) is 0 Å². The SMILES string of the molecule is CCOC(=O)C1=C(C)NC(CCC(O)c2ccccc2)=C(C(=O)OCC)C1c1cc(C)sc1[N+](=O)[O-]. The standard InChI is InChI=1S/C26H30N2O7S/c1-5-34-25(30)21-16(4)27-19(12-13-20(29)17-10-8-7-9-11-17)23(26(31)35-6-2)22(21)18-14-15(3)36-24(18)28(32)33/h7-11,14,20,22,27,29H,5-6,12-13H2,1-4H3. The third kappa shape index (κ3) is 5.83. The maximum Gasteiger partial charge on any atom is 0.336 e. The number of aliphatic hydroxyl groups is 1. The normalized spacial score (nSPS) is 16.4. The van der Waals surface area contributed by atoms with E-state index in [-0.39, 0.29) is 47.8 Å². The summed E-state index contributed by atoms with van der Waals surface area (Å²) < 4.78 is 10.6. The quantitative estimate of drug-likeness (QED) is 0.262. The molecule has 2 heterocycles. The van der Waals surface area contributed by atoms with Gasteiger partial charge in [-0.1, -0.05) is 41.7 Å². The van der Waals surface area contributed by atoms with Crippen LogP contribution in [0.4, 0.5) is 5.00 Å². The van der Waals surface area contributed by atoms with Crippen LogP contribution in [0.5, 0.6) is 0 Å². The molecular weight excluding hydrogens is 484 g/mol. The fourth-order valence-corrected chi connectivity index (χ4v) is 5.19. The van der Waals surface area contributed by atoms with Gasteiger partial charge in [-0.05, 0) is 52.2 Å². The number of nitrogens with one attached hydrogen (secondary N) is 1. The lowest BCUT2D eigenvalue weighted by Gasteiger charge is -2.31. The number of nitro groups is 1. The van der Waals surface area contributed by atoms with Crippen molar-refractivity contribution < 1.29 is 29.1 Å². The number of esters is 2. The number of carbonyl (C=O) groups excluding carboxylic acids is 2. The highest BCUT2D eigenvalue weighted by Crippen LogP contribution is 2.46. The Morgan fingerprint density at radius 2 is 1.72 bits per heavy atom. The Morgan fingerprint density at radius 1 is 1.11 bits per heavy atom. The number of aryl methyl sites for hydroxylation is 1. The molecule has 2 atom stereocenters. The summed E-state index contributed by atoms with van der Waals surface area (Å²) in [6, 6.07) is 10.8. The van der Waals surface area contributed by atoms with Crippen molar-refractivity contribution in [2.24, 2.45) is 0 Å². The van der Waals surface area contributed by atoms with Gasteiger partial charge < -0.3 is 19.9 Å². The number of aliphatic hydroxyl groups excluding tert-OH is 1. The number of ether oxygens (including phenoxy) is 2. The van der Waals surface area contributed by atoms with Gasteiger partial charge in [0, 0.05) is 16.3 Å². The Labute approximate surface area is 213 Å². The smallest absolute Gasteiger partial charge is 0.336 e. The van der Waals surface area contributed by atoms with E-state index in [2.05, 4.69) is 5.32 Å². The lowest BCUT2D eigenvalue weighted by molar-refractivity contribution is -0.380. The molecule has 2 aromatic rings. The van der Waals surface area contributed by atoms with E-state index in [0.717, 1.165) is 16.9 Å². The molecule has 1 aromatic carbocycles. The summed E-state index contributed by atoms with van der Waals surface area (Å²) in [7, 11) is 0. The Hall–Kier alpha value is -3.50. The van der Waals surface area contributed by atoms with E-state index >= 15 is 0 Å². The van der Waals surface area contributed by atoms with Crippen LogP contribution < -0.4 is 5.32 Å². The largest absolute Gasteiger partial charge is 0.463 e. The molecule has 1 aliphatic rings. The van der Waals surface area contributed by atoms with E-state index in [1.54, 1.807) is 33.8 Å². The van der Waals surface area contributed by atoms with Crippen molar-refractivity contribution in [3.05, 3.63) is 85.1 Å². The number of allylic oxidation sites excluding steroid dienone is 2. The predicted octanol–water partition coefficient (Wildman–Crippen LogP) is 4.82. The van der Waals surface area contributed by atoms with E-state index in [1.807, 2.05) is 30.3 Å². The maximum atomic E-state index is 13.3. The van der Waals surface area contributed by atoms with Gasteiger partial charge >= 0.3 is 16.9 Å². The van der Waals surface area contributed by atoms with Gasteiger partial charge in [0.25, 0.3) is 0 Å². The van der Waals surface area contributed by atoms with Crippen LogP contribution in [0.3, 0.4) is 0 Å². The molecule has 2 N–H and O–H groups in total. The van der Waals surface area contributed by atoms with E-state index in [4.69, 9.17) is 9.47 Å². The number of nitrogens with zero attached hydrogens (tertiary/aromatic N) is 1. The van der Waals surface area contributed by atoms with Crippen molar-refractivity contribution in [3.63, 3.8) is 0 Å². The highest BCUT2D eigenvalue weighted by Gasteiger charge is 2.42. The van der Waals surface area contributed by atoms with Crippen LogP contribution in [0, 0.1) is 17.0 Å². The molecule has 0 bridgehead atoms. The number of hydrogen-bond donors (Lipinski definition) is 2. The first kappa shape index (κ1) is 27.1. The van der Waals surface area contributed by atoms with Gasteiger partial charge in [-0.25, -0.2) is 9.59 Å². The van der Waals surface area contributed by atoms with Gasteiger partial charge in [-0.2, -0.15) is 0 Å². The first-order valence-corrected chi connectivity index (χ1v) is 12.5. The number of carbonyl (C=O) groups is 2. The number of dihydropyridines is 1. The van der Waals surface area contributed by atoms with Gasteiger partial charge in [-0.15, -0.1) is 0 Å². The lowest BCUT2D eigenvalue weighted by atomic mass is 9.80. The van der Waals surface area contributed by atoms with Gasteiger partial charge in [0.15, 0.2) is 0 Å². The van der Waals surface area contributed by atoms with Crippen LogP contribution >= 0.6 is 11.3 Å². The zero-order valence-electron chi connectivity index (χ0n) is 20.7. The average molecular weight is 515 g/mol. The van der Waals surface area contributed by atoms with Crippen molar-refractivity contribution >= 4 is 28.3 Å². The topological polar surface area (TPSA) is 128 Å². The van der Waals surface area contributed by atoms with Crippen molar-refractivity contribution in [1.29, 1.82) is 0 Å². The highest BCUT2D eigenvalue weighted by atomic mass is 32.1. The molecule has 36 heavy (non-hydrogen) atoms. The molecule has 0 spiro atoms. The maximum absolute atomic E-state index is 13.3. The van der Waals surface area contributed by atoms with E-state index in [0.29, 0.717) is 16.3 Å². The minimum Gasteiger partial charge on any atom is -0.463 e. The summed E-state index contributed by atoms with van der Waals surface area (Å²) in [5.41, 5.74) is 2.05. The molecule has 9 nitrogen and oxygen atoms in total. The highest BCUT2D eigenvalue weighted by molar-refractivity contribution is 7.15. The zero-order valence-corrected chi connectivity index (χ0v) is 21.5. The summed E-state index contributed by atoms with van der Waals surface area (Å²) in [6.07, 6.45) is -0.282. The summed E-state index contributed by atoms with van der Waals surface area (Å²) in [4.78, 5) is 38.4. The molecular formula is C26H30N2O7S. The fourth-order valence-electron chi connectivity index (χ4n) is 4.33.